The van der Waals surface area contributed by atoms with Crippen molar-refractivity contribution in [1.29, 1.82) is 0 Å². The van der Waals surface area contributed by atoms with Gasteiger partial charge in [0.15, 0.2) is 0 Å². The molecule has 6 nitrogen and oxygen atoms in total. The largest absolute Gasteiger partial charge is 0.398 e. The summed E-state index contributed by atoms with van der Waals surface area (Å²) >= 11 is 0. The summed E-state index contributed by atoms with van der Waals surface area (Å²) in [6.07, 6.45) is 0.921. The average molecular weight is 331 g/mol. The van der Waals surface area contributed by atoms with Gasteiger partial charge in [-0.15, -0.1) is 0 Å². The van der Waals surface area contributed by atoms with E-state index in [2.05, 4.69) is 16.8 Å². The van der Waals surface area contributed by atoms with Gasteiger partial charge in [0.1, 0.15) is 5.84 Å². The first-order chi connectivity index (χ1) is 11.5. The normalized spacial score (nSPS) is 18.8. The van der Waals surface area contributed by atoms with E-state index in [1.54, 1.807) is 6.07 Å². The lowest BCUT2D eigenvalue weighted by Crippen LogP contribution is -2.37. The number of anilines is 2. The van der Waals surface area contributed by atoms with Gasteiger partial charge in [0.25, 0.3) is 0 Å². The number of aliphatic imine (C=N–C) groups is 1. The summed E-state index contributed by atoms with van der Waals surface area (Å²) in [6.45, 7) is 10.1. The monoisotopic (exact) mass is 331 g/mol. The number of likely N-dealkylation sites (tertiary alicyclic amines) is 1. The molecule has 4 N–H and O–H groups in total. The molecular formula is C18H29N5O. The number of benzene rings is 1. The average Bonchev–Trinajstić information content (AvgIpc) is 3.06. The van der Waals surface area contributed by atoms with E-state index in [-0.39, 0.29) is 11.8 Å². The van der Waals surface area contributed by atoms with Crippen molar-refractivity contribution in [2.75, 3.05) is 43.4 Å². The Morgan fingerprint density at radius 1 is 1.38 bits per heavy atom. The van der Waals surface area contributed by atoms with Gasteiger partial charge in [-0.2, -0.15) is 0 Å². The molecule has 1 fully saturated rings. The number of hydrogen-bond donors (Lipinski definition) is 2. The minimum absolute atomic E-state index is 0.0626. The zero-order chi connectivity index (χ0) is 17.7. The molecule has 1 aliphatic rings. The first-order valence-electron chi connectivity index (χ1n) is 8.75. The molecule has 0 radical (unpaired) electrons. The van der Waals surface area contributed by atoms with Gasteiger partial charge >= 0.3 is 0 Å². The van der Waals surface area contributed by atoms with Crippen molar-refractivity contribution in [3.05, 3.63) is 23.8 Å². The van der Waals surface area contributed by atoms with Gasteiger partial charge in [-0.05, 0) is 51.6 Å². The number of amides is 1. The predicted octanol–water partition coefficient (Wildman–Crippen LogP) is 1.69. The Balaban J connectivity index is 2.26. The SMILES string of the molecule is CCN=C(N)c1cc(N(CC)C(=O)C2CCN(CC)C2)ccc1N. The van der Waals surface area contributed by atoms with Gasteiger partial charge in [0.2, 0.25) is 5.91 Å². The molecule has 1 aromatic rings. The fourth-order valence-electron chi connectivity index (χ4n) is 3.20. The van der Waals surface area contributed by atoms with Crippen molar-refractivity contribution in [2.45, 2.75) is 27.2 Å². The second kappa shape index (κ2) is 8.15. The van der Waals surface area contributed by atoms with Crippen LogP contribution in [-0.2, 0) is 4.79 Å². The zero-order valence-electron chi connectivity index (χ0n) is 15.0. The molecule has 1 heterocycles. The van der Waals surface area contributed by atoms with Crippen molar-refractivity contribution in [1.82, 2.24) is 4.90 Å². The molecule has 1 amide bonds. The highest BCUT2D eigenvalue weighted by Crippen LogP contribution is 2.25. The maximum Gasteiger partial charge on any atom is 0.231 e. The van der Waals surface area contributed by atoms with E-state index >= 15 is 0 Å². The standard InChI is InChI=1S/C18H29N5O/c1-4-21-17(20)15-11-14(7-8-16(15)19)23(6-3)18(24)13-9-10-22(5-2)12-13/h7-8,11,13H,4-6,9-10,12,19H2,1-3H3,(H2,20,21). The number of carbonyl (C=O) groups is 1. The molecule has 0 saturated carbocycles. The second-order valence-electron chi connectivity index (χ2n) is 6.09. The molecule has 1 aliphatic heterocycles. The Morgan fingerprint density at radius 2 is 2.12 bits per heavy atom. The first kappa shape index (κ1) is 18.3. The van der Waals surface area contributed by atoms with Crippen molar-refractivity contribution in [3.8, 4) is 0 Å². The third kappa shape index (κ3) is 3.87. The minimum Gasteiger partial charge on any atom is -0.398 e. The summed E-state index contributed by atoms with van der Waals surface area (Å²) in [7, 11) is 0. The summed E-state index contributed by atoms with van der Waals surface area (Å²) in [4.78, 5) is 21.3. The minimum atomic E-state index is 0.0626. The Bertz CT molecular complexity index is 613. The first-order valence-corrected chi connectivity index (χ1v) is 8.75. The molecule has 1 unspecified atom stereocenters. The fraction of sp³-hybridized carbons (Fsp3) is 0.556. The molecule has 0 aromatic heterocycles. The van der Waals surface area contributed by atoms with Crippen LogP contribution in [0, 0.1) is 5.92 Å². The molecule has 1 aromatic carbocycles. The Kier molecular flexibility index (Phi) is 6.20. The van der Waals surface area contributed by atoms with Gasteiger partial charge in [0, 0.05) is 36.6 Å². The summed E-state index contributed by atoms with van der Waals surface area (Å²) in [5.41, 5.74) is 14.1. The van der Waals surface area contributed by atoms with Crippen LogP contribution in [0.1, 0.15) is 32.8 Å². The van der Waals surface area contributed by atoms with E-state index in [0.29, 0.717) is 30.2 Å². The van der Waals surface area contributed by atoms with E-state index in [1.165, 1.54) is 0 Å². The van der Waals surface area contributed by atoms with Crippen molar-refractivity contribution >= 4 is 23.1 Å². The molecule has 1 saturated heterocycles. The molecule has 24 heavy (non-hydrogen) atoms. The highest BCUT2D eigenvalue weighted by atomic mass is 16.2. The van der Waals surface area contributed by atoms with E-state index in [0.717, 1.165) is 31.7 Å². The van der Waals surface area contributed by atoms with Crippen LogP contribution in [-0.4, -0.2) is 49.4 Å². The Morgan fingerprint density at radius 3 is 2.71 bits per heavy atom. The van der Waals surface area contributed by atoms with Crippen LogP contribution in [0.4, 0.5) is 11.4 Å². The Labute approximate surface area is 144 Å². The molecule has 0 aliphatic carbocycles. The topological polar surface area (TPSA) is 88.0 Å². The van der Waals surface area contributed by atoms with E-state index in [4.69, 9.17) is 11.5 Å². The number of carbonyl (C=O) groups excluding carboxylic acids is 1. The van der Waals surface area contributed by atoms with Crippen molar-refractivity contribution in [2.24, 2.45) is 16.6 Å². The third-order valence-electron chi connectivity index (χ3n) is 4.60. The van der Waals surface area contributed by atoms with Crippen LogP contribution < -0.4 is 16.4 Å². The van der Waals surface area contributed by atoms with Crippen molar-refractivity contribution < 1.29 is 4.79 Å². The number of nitrogens with two attached hydrogens (primary N) is 2. The van der Waals surface area contributed by atoms with Crippen molar-refractivity contribution in [3.63, 3.8) is 0 Å². The van der Waals surface area contributed by atoms with E-state index in [1.807, 2.05) is 30.9 Å². The molecule has 132 valence electrons. The molecule has 2 rings (SSSR count). The lowest BCUT2D eigenvalue weighted by molar-refractivity contribution is -0.122. The van der Waals surface area contributed by atoms with Crippen LogP contribution in [0.3, 0.4) is 0 Å². The van der Waals surface area contributed by atoms with E-state index < -0.39 is 0 Å². The number of amidine groups is 1. The maximum atomic E-state index is 12.9. The number of hydrogen-bond acceptors (Lipinski definition) is 4. The number of nitrogens with zero attached hydrogens (tertiary/aromatic N) is 3. The van der Waals surface area contributed by atoms with Crippen LogP contribution in [0.2, 0.25) is 0 Å². The lowest BCUT2D eigenvalue weighted by Gasteiger charge is -2.25. The van der Waals surface area contributed by atoms with Gasteiger partial charge in [-0.25, -0.2) is 0 Å². The maximum absolute atomic E-state index is 12.9. The number of rotatable bonds is 6. The number of nitrogen functional groups attached to an aromatic ring is 1. The van der Waals surface area contributed by atoms with Crippen LogP contribution in [0.15, 0.2) is 23.2 Å². The quantitative estimate of drug-likeness (QED) is 0.472. The highest BCUT2D eigenvalue weighted by Gasteiger charge is 2.31. The second-order valence-corrected chi connectivity index (χ2v) is 6.09. The summed E-state index contributed by atoms with van der Waals surface area (Å²) < 4.78 is 0. The highest BCUT2D eigenvalue weighted by molar-refractivity contribution is 6.04. The molecule has 6 heteroatoms. The predicted molar refractivity (Wildman–Crippen MR) is 100 cm³/mol. The van der Waals surface area contributed by atoms with Gasteiger partial charge in [-0.3, -0.25) is 9.79 Å². The van der Waals surface area contributed by atoms with E-state index in [9.17, 15) is 4.79 Å². The van der Waals surface area contributed by atoms with Gasteiger partial charge < -0.3 is 21.3 Å². The van der Waals surface area contributed by atoms with Gasteiger partial charge in [0.05, 0.1) is 5.92 Å². The summed E-state index contributed by atoms with van der Waals surface area (Å²) in [5, 5.41) is 0. The van der Waals surface area contributed by atoms with Crippen LogP contribution in [0.5, 0.6) is 0 Å². The van der Waals surface area contributed by atoms with Gasteiger partial charge in [-0.1, -0.05) is 6.92 Å². The molecule has 0 bridgehead atoms. The third-order valence-corrected chi connectivity index (χ3v) is 4.60. The summed E-state index contributed by atoms with van der Waals surface area (Å²) in [5.74, 6) is 0.654. The van der Waals surface area contributed by atoms with Crippen LogP contribution >= 0.6 is 0 Å². The summed E-state index contributed by atoms with van der Waals surface area (Å²) in [6, 6.07) is 5.55. The lowest BCUT2D eigenvalue weighted by atomic mass is 10.1. The zero-order valence-corrected chi connectivity index (χ0v) is 15.0. The molecular weight excluding hydrogens is 302 g/mol. The Hall–Kier alpha value is -2.08. The molecule has 1 atom stereocenters. The fourth-order valence-corrected chi connectivity index (χ4v) is 3.20. The molecule has 0 spiro atoms. The van der Waals surface area contributed by atoms with Crippen LogP contribution in [0.25, 0.3) is 0 Å². The smallest absolute Gasteiger partial charge is 0.231 e.